The zero-order valence-electron chi connectivity index (χ0n) is 12.7. The van der Waals surface area contributed by atoms with Gasteiger partial charge in [0.05, 0.1) is 32.6 Å². The van der Waals surface area contributed by atoms with E-state index in [0.29, 0.717) is 31.4 Å². The van der Waals surface area contributed by atoms with Crippen LogP contribution in [0, 0.1) is 5.92 Å². The Morgan fingerprint density at radius 2 is 1.90 bits per heavy atom. The fraction of sp³-hybridized carbons (Fsp3) is 0.600. The van der Waals surface area contributed by atoms with E-state index in [1.54, 1.807) is 14.2 Å². The predicted molar refractivity (Wildman–Crippen MR) is 79.7 cm³/mol. The summed E-state index contributed by atoms with van der Waals surface area (Å²) in [6, 6.07) is 5.48. The molecule has 0 aliphatic heterocycles. The SMILES string of the molecule is COc1ccc(OC)c(NCC(O)COCC(C)C)c1. The second-order valence-corrected chi connectivity index (χ2v) is 5.03. The minimum atomic E-state index is -0.565. The summed E-state index contributed by atoms with van der Waals surface area (Å²) in [5.41, 5.74) is 0.787. The highest BCUT2D eigenvalue weighted by molar-refractivity contribution is 5.59. The van der Waals surface area contributed by atoms with Crippen LogP contribution in [-0.4, -0.2) is 45.2 Å². The maximum absolute atomic E-state index is 9.85. The summed E-state index contributed by atoms with van der Waals surface area (Å²) in [7, 11) is 3.22. The highest BCUT2D eigenvalue weighted by Gasteiger charge is 2.09. The number of ether oxygens (including phenoxy) is 3. The van der Waals surface area contributed by atoms with Crippen LogP contribution < -0.4 is 14.8 Å². The maximum Gasteiger partial charge on any atom is 0.142 e. The first-order valence-corrected chi connectivity index (χ1v) is 6.78. The van der Waals surface area contributed by atoms with Gasteiger partial charge in [-0.3, -0.25) is 0 Å². The molecule has 0 aromatic heterocycles. The second-order valence-electron chi connectivity index (χ2n) is 5.03. The summed E-state index contributed by atoms with van der Waals surface area (Å²) in [6.45, 7) is 5.51. The van der Waals surface area contributed by atoms with E-state index in [1.165, 1.54) is 0 Å². The lowest BCUT2D eigenvalue weighted by Gasteiger charge is -2.16. The van der Waals surface area contributed by atoms with Gasteiger partial charge in [-0.2, -0.15) is 0 Å². The van der Waals surface area contributed by atoms with E-state index in [4.69, 9.17) is 14.2 Å². The summed E-state index contributed by atoms with van der Waals surface area (Å²) < 4.78 is 15.8. The first-order chi connectivity index (χ1) is 9.56. The van der Waals surface area contributed by atoms with Gasteiger partial charge < -0.3 is 24.6 Å². The third-order valence-corrected chi connectivity index (χ3v) is 2.70. The molecular formula is C15H25NO4. The smallest absolute Gasteiger partial charge is 0.142 e. The molecule has 5 nitrogen and oxygen atoms in total. The summed E-state index contributed by atoms with van der Waals surface area (Å²) in [6.07, 6.45) is -0.565. The molecule has 0 bridgehead atoms. The zero-order chi connectivity index (χ0) is 15.0. The number of aliphatic hydroxyl groups is 1. The molecular weight excluding hydrogens is 258 g/mol. The van der Waals surface area contributed by atoms with Crippen LogP contribution in [-0.2, 0) is 4.74 Å². The number of rotatable bonds is 9. The van der Waals surface area contributed by atoms with Crippen molar-refractivity contribution in [3.63, 3.8) is 0 Å². The van der Waals surface area contributed by atoms with Crippen molar-refractivity contribution in [2.24, 2.45) is 5.92 Å². The molecule has 5 heteroatoms. The Kier molecular flexibility index (Phi) is 7.18. The van der Waals surface area contributed by atoms with Crippen LogP contribution in [0.2, 0.25) is 0 Å². The summed E-state index contributed by atoms with van der Waals surface area (Å²) in [4.78, 5) is 0. The fourth-order valence-electron chi connectivity index (χ4n) is 1.68. The molecule has 0 fully saturated rings. The lowest BCUT2D eigenvalue weighted by atomic mass is 10.2. The molecule has 20 heavy (non-hydrogen) atoms. The van der Waals surface area contributed by atoms with E-state index in [-0.39, 0.29) is 0 Å². The molecule has 1 unspecified atom stereocenters. The Labute approximate surface area is 120 Å². The quantitative estimate of drug-likeness (QED) is 0.727. The van der Waals surface area contributed by atoms with E-state index in [9.17, 15) is 5.11 Å². The van der Waals surface area contributed by atoms with Crippen molar-refractivity contribution in [1.82, 2.24) is 0 Å². The van der Waals surface area contributed by atoms with Crippen LogP contribution in [0.3, 0.4) is 0 Å². The van der Waals surface area contributed by atoms with Gasteiger partial charge in [0.15, 0.2) is 0 Å². The van der Waals surface area contributed by atoms with Crippen molar-refractivity contribution >= 4 is 5.69 Å². The Bertz CT molecular complexity index is 395. The van der Waals surface area contributed by atoms with Crippen LogP contribution in [0.4, 0.5) is 5.69 Å². The average molecular weight is 283 g/mol. The van der Waals surface area contributed by atoms with Crippen molar-refractivity contribution in [1.29, 1.82) is 0 Å². The highest BCUT2D eigenvalue weighted by atomic mass is 16.5. The lowest BCUT2D eigenvalue weighted by molar-refractivity contribution is 0.0317. The van der Waals surface area contributed by atoms with Crippen molar-refractivity contribution in [3.05, 3.63) is 18.2 Å². The molecule has 0 aliphatic carbocycles. The number of benzene rings is 1. The van der Waals surface area contributed by atoms with E-state index in [1.807, 2.05) is 18.2 Å². The average Bonchev–Trinajstić information content (AvgIpc) is 2.44. The number of hydrogen-bond donors (Lipinski definition) is 2. The van der Waals surface area contributed by atoms with Crippen LogP contribution in [0.15, 0.2) is 18.2 Å². The summed E-state index contributed by atoms with van der Waals surface area (Å²) in [5, 5.41) is 13.0. The monoisotopic (exact) mass is 283 g/mol. The van der Waals surface area contributed by atoms with Crippen LogP contribution in [0.1, 0.15) is 13.8 Å². The Balaban J connectivity index is 2.47. The maximum atomic E-state index is 9.85. The van der Waals surface area contributed by atoms with E-state index < -0.39 is 6.10 Å². The van der Waals surface area contributed by atoms with Crippen molar-refractivity contribution in [2.75, 3.05) is 39.3 Å². The molecule has 0 spiro atoms. The normalized spacial score (nSPS) is 12.3. The Hall–Kier alpha value is -1.46. The van der Waals surface area contributed by atoms with Gasteiger partial charge in [-0.05, 0) is 18.1 Å². The summed E-state index contributed by atoms with van der Waals surface area (Å²) in [5.74, 6) is 1.91. The minimum absolute atomic E-state index is 0.317. The van der Waals surface area contributed by atoms with Gasteiger partial charge in [-0.25, -0.2) is 0 Å². The molecule has 1 atom stereocenters. The molecule has 114 valence electrons. The van der Waals surface area contributed by atoms with Gasteiger partial charge in [-0.1, -0.05) is 13.8 Å². The molecule has 1 rings (SSSR count). The number of nitrogens with one attached hydrogen (secondary N) is 1. The van der Waals surface area contributed by atoms with Gasteiger partial charge in [0.2, 0.25) is 0 Å². The molecule has 2 N–H and O–H groups in total. The van der Waals surface area contributed by atoms with Crippen molar-refractivity contribution in [3.8, 4) is 11.5 Å². The minimum Gasteiger partial charge on any atom is -0.497 e. The first kappa shape index (κ1) is 16.6. The van der Waals surface area contributed by atoms with Crippen molar-refractivity contribution < 1.29 is 19.3 Å². The third kappa shape index (κ3) is 5.67. The molecule has 0 heterocycles. The summed E-state index contributed by atoms with van der Waals surface area (Å²) >= 11 is 0. The van der Waals surface area contributed by atoms with Crippen LogP contribution >= 0.6 is 0 Å². The fourth-order valence-corrected chi connectivity index (χ4v) is 1.68. The molecule has 1 aromatic carbocycles. The Morgan fingerprint density at radius 1 is 1.15 bits per heavy atom. The molecule has 0 radical (unpaired) electrons. The van der Waals surface area contributed by atoms with Gasteiger partial charge in [0.25, 0.3) is 0 Å². The van der Waals surface area contributed by atoms with E-state index in [2.05, 4.69) is 19.2 Å². The van der Waals surface area contributed by atoms with Gasteiger partial charge in [-0.15, -0.1) is 0 Å². The first-order valence-electron chi connectivity index (χ1n) is 6.78. The Morgan fingerprint density at radius 3 is 2.50 bits per heavy atom. The van der Waals surface area contributed by atoms with E-state index in [0.717, 1.165) is 11.4 Å². The number of hydrogen-bond acceptors (Lipinski definition) is 5. The number of anilines is 1. The number of methoxy groups -OCH3 is 2. The van der Waals surface area contributed by atoms with E-state index >= 15 is 0 Å². The van der Waals surface area contributed by atoms with Gasteiger partial charge in [0.1, 0.15) is 11.5 Å². The molecule has 0 saturated carbocycles. The standard InChI is InChI=1S/C15H25NO4/c1-11(2)9-20-10-12(17)8-16-14-7-13(18-3)5-6-15(14)19-4/h5-7,11-12,16-17H,8-10H2,1-4H3. The number of aliphatic hydroxyl groups excluding tert-OH is 1. The highest BCUT2D eigenvalue weighted by Crippen LogP contribution is 2.28. The van der Waals surface area contributed by atoms with Crippen LogP contribution in [0.25, 0.3) is 0 Å². The van der Waals surface area contributed by atoms with Crippen molar-refractivity contribution in [2.45, 2.75) is 20.0 Å². The molecule has 1 aromatic rings. The lowest BCUT2D eigenvalue weighted by Crippen LogP contribution is -2.25. The zero-order valence-corrected chi connectivity index (χ0v) is 12.7. The third-order valence-electron chi connectivity index (χ3n) is 2.70. The van der Waals surface area contributed by atoms with Crippen LogP contribution in [0.5, 0.6) is 11.5 Å². The molecule has 0 aliphatic rings. The molecule has 0 saturated heterocycles. The second kappa shape index (κ2) is 8.66. The molecule has 0 amide bonds. The van der Waals surface area contributed by atoms with Gasteiger partial charge >= 0.3 is 0 Å². The predicted octanol–water partition coefficient (Wildman–Crippen LogP) is 2.15. The topological polar surface area (TPSA) is 60.0 Å². The largest absolute Gasteiger partial charge is 0.497 e. The van der Waals surface area contributed by atoms with Gasteiger partial charge in [0, 0.05) is 19.2 Å².